The second kappa shape index (κ2) is 10.7. The number of anilines is 2. The minimum absolute atomic E-state index is 0.000785. The molecule has 1 amide bonds. The molecule has 2 unspecified atom stereocenters. The predicted octanol–water partition coefficient (Wildman–Crippen LogP) is 6.92. The highest BCUT2D eigenvalue weighted by Crippen LogP contribution is 2.48. The van der Waals surface area contributed by atoms with Gasteiger partial charge in [0.25, 0.3) is 5.91 Å². The number of fused-ring (bicyclic) bond motifs is 1. The SMILES string of the molecule is COc1ccc(C2CC(=O)C3=C(C2)Nc2ccccc2N(C(=O)c2ccccc2)C3c2cccc(OC)c2)cc1. The largest absolute Gasteiger partial charge is 0.497 e. The summed E-state index contributed by atoms with van der Waals surface area (Å²) in [4.78, 5) is 30.3. The van der Waals surface area contributed by atoms with E-state index < -0.39 is 6.04 Å². The van der Waals surface area contributed by atoms with E-state index in [1.807, 2.05) is 103 Å². The van der Waals surface area contributed by atoms with Gasteiger partial charge in [-0.25, -0.2) is 0 Å². The lowest BCUT2D eigenvalue weighted by atomic mass is 9.78. The number of carbonyl (C=O) groups is 2. The van der Waals surface area contributed by atoms with Crippen molar-refractivity contribution in [2.45, 2.75) is 24.8 Å². The van der Waals surface area contributed by atoms with Gasteiger partial charge in [0.1, 0.15) is 11.5 Å². The van der Waals surface area contributed by atoms with Gasteiger partial charge in [0.05, 0.1) is 31.6 Å². The van der Waals surface area contributed by atoms with Crippen LogP contribution in [0.2, 0.25) is 0 Å². The number of methoxy groups -OCH3 is 2. The van der Waals surface area contributed by atoms with E-state index in [1.165, 1.54) is 0 Å². The number of carbonyl (C=O) groups excluding carboxylic acids is 2. The van der Waals surface area contributed by atoms with E-state index in [1.54, 1.807) is 19.1 Å². The number of para-hydroxylation sites is 2. The minimum Gasteiger partial charge on any atom is -0.497 e. The van der Waals surface area contributed by atoms with Crippen molar-refractivity contribution in [1.29, 1.82) is 0 Å². The number of ether oxygens (including phenoxy) is 2. The van der Waals surface area contributed by atoms with Crippen molar-refractivity contribution in [3.63, 3.8) is 0 Å². The van der Waals surface area contributed by atoms with Crippen LogP contribution < -0.4 is 19.7 Å². The standard InChI is InChI=1S/C34H30N2O4/c1-39-26-17-15-22(16-18-26)25-20-29-32(31(37)21-25)33(24-11-8-12-27(19-24)40-2)36(30-14-7-6-13-28(30)35-29)34(38)23-9-4-3-5-10-23/h3-19,25,33,35H,20-21H2,1-2H3. The molecule has 1 N–H and O–H groups in total. The van der Waals surface area contributed by atoms with Crippen molar-refractivity contribution >= 4 is 23.1 Å². The van der Waals surface area contributed by atoms with Gasteiger partial charge < -0.3 is 14.8 Å². The second-order valence-corrected chi connectivity index (χ2v) is 10.1. The Morgan fingerprint density at radius 1 is 0.775 bits per heavy atom. The monoisotopic (exact) mass is 530 g/mol. The smallest absolute Gasteiger partial charge is 0.259 e. The molecule has 6 heteroatoms. The number of Topliss-reactive ketones (excluding diaryl/α,β-unsaturated/α-hetero) is 1. The van der Waals surface area contributed by atoms with Gasteiger partial charge in [-0.15, -0.1) is 0 Å². The fourth-order valence-corrected chi connectivity index (χ4v) is 5.77. The molecule has 40 heavy (non-hydrogen) atoms. The summed E-state index contributed by atoms with van der Waals surface area (Å²) in [5.41, 5.74) is 5.38. The zero-order valence-corrected chi connectivity index (χ0v) is 22.5. The average molecular weight is 531 g/mol. The van der Waals surface area contributed by atoms with Gasteiger partial charge in [0.15, 0.2) is 5.78 Å². The van der Waals surface area contributed by atoms with E-state index in [2.05, 4.69) is 5.32 Å². The molecule has 0 bridgehead atoms. The van der Waals surface area contributed by atoms with E-state index in [-0.39, 0.29) is 17.6 Å². The fraction of sp³-hybridized carbons (Fsp3) is 0.176. The molecule has 0 radical (unpaired) electrons. The molecule has 1 aliphatic heterocycles. The Kier molecular flexibility index (Phi) is 6.83. The Balaban J connectivity index is 1.54. The van der Waals surface area contributed by atoms with Gasteiger partial charge >= 0.3 is 0 Å². The first-order valence-corrected chi connectivity index (χ1v) is 13.4. The van der Waals surface area contributed by atoms with E-state index in [0.717, 1.165) is 28.3 Å². The van der Waals surface area contributed by atoms with Crippen LogP contribution in [0.5, 0.6) is 11.5 Å². The summed E-state index contributed by atoms with van der Waals surface area (Å²) in [6, 6.07) is 31.9. The molecular formula is C34H30N2O4. The van der Waals surface area contributed by atoms with Crippen molar-refractivity contribution in [3.05, 3.63) is 131 Å². The first-order valence-electron chi connectivity index (χ1n) is 13.4. The van der Waals surface area contributed by atoms with Crippen molar-refractivity contribution in [3.8, 4) is 11.5 Å². The molecule has 6 nitrogen and oxygen atoms in total. The number of hydrogen-bond donors (Lipinski definition) is 1. The molecule has 0 fully saturated rings. The third kappa shape index (κ3) is 4.62. The van der Waals surface area contributed by atoms with Crippen LogP contribution in [-0.2, 0) is 4.79 Å². The summed E-state index contributed by atoms with van der Waals surface area (Å²) in [6.45, 7) is 0. The van der Waals surface area contributed by atoms with Crippen LogP contribution in [0.15, 0.2) is 114 Å². The van der Waals surface area contributed by atoms with Gasteiger partial charge in [-0.2, -0.15) is 0 Å². The van der Waals surface area contributed by atoms with Crippen LogP contribution in [0.4, 0.5) is 11.4 Å². The van der Waals surface area contributed by atoms with Gasteiger partial charge in [0, 0.05) is 23.3 Å². The average Bonchev–Trinajstić information content (AvgIpc) is 3.16. The minimum atomic E-state index is -0.640. The molecule has 0 aromatic heterocycles. The predicted molar refractivity (Wildman–Crippen MR) is 156 cm³/mol. The van der Waals surface area contributed by atoms with Crippen LogP contribution in [-0.4, -0.2) is 25.9 Å². The van der Waals surface area contributed by atoms with Crippen LogP contribution in [0.25, 0.3) is 0 Å². The summed E-state index contributed by atoms with van der Waals surface area (Å²) < 4.78 is 10.9. The lowest BCUT2D eigenvalue weighted by Gasteiger charge is -2.35. The highest BCUT2D eigenvalue weighted by Gasteiger charge is 2.42. The Morgan fingerprint density at radius 3 is 2.25 bits per heavy atom. The van der Waals surface area contributed by atoms with E-state index in [9.17, 15) is 9.59 Å². The Labute approximate surface area is 233 Å². The quantitative estimate of drug-likeness (QED) is 0.303. The van der Waals surface area contributed by atoms with Crippen molar-refractivity contribution in [2.24, 2.45) is 0 Å². The summed E-state index contributed by atoms with van der Waals surface area (Å²) in [7, 11) is 3.26. The zero-order chi connectivity index (χ0) is 27.6. The van der Waals surface area contributed by atoms with Gasteiger partial charge in [0.2, 0.25) is 0 Å². The molecule has 1 heterocycles. The number of allylic oxidation sites excluding steroid dienone is 1. The second-order valence-electron chi connectivity index (χ2n) is 10.1. The summed E-state index contributed by atoms with van der Waals surface area (Å²) in [6.07, 6.45) is 0.979. The number of benzene rings is 4. The molecular weight excluding hydrogens is 500 g/mol. The molecule has 2 aliphatic rings. The molecule has 4 aromatic carbocycles. The van der Waals surface area contributed by atoms with Crippen molar-refractivity contribution in [1.82, 2.24) is 0 Å². The Morgan fingerprint density at radius 2 is 1.50 bits per heavy atom. The zero-order valence-electron chi connectivity index (χ0n) is 22.5. The molecule has 0 saturated heterocycles. The maximum absolute atomic E-state index is 14.3. The van der Waals surface area contributed by atoms with Crippen LogP contribution in [0, 0.1) is 0 Å². The highest BCUT2D eigenvalue weighted by atomic mass is 16.5. The van der Waals surface area contributed by atoms with Crippen LogP contribution in [0.3, 0.4) is 0 Å². The summed E-state index contributed by atoms with van der Waals surface area (Å²) in [5, 5.41) is 3.59. The lowest BCUT2D eigenvalue weighted by molar-refractivity contribution is -0.116. The van der Waals surface area contributed by atoms with Gasteiger partial charge in [-0.1, -0.05) is 54.6 Å². The number of nitrogens with zero attached hydrogens (tertiary/aromatic N) is 1. The van der Waals surface area contributed by atoms with Gasteiger partial charge in [-0.3, -0.25) is 14.5 Å². The van der Waals surface area contributed by atoms with E-state index in [0.29, 0.717) is 35.4 Å². The fourth-order valence-electron chi connectivity index (χ4n) is 5.77. The first kappa shape index (κ1) is 25.4. The normalized spacial score (nSPS) is 18.2. The lowest BCUT2D eigenvalue weighted by Crippen LogP contribution is -2.38. The number of ketones is 1. The third-order valence-electron chi connectivity index (χ3n) is 7.72. The third-order valence-corrected chi connectivity index (χ3v) is 7.72. The molecule has 200 valence electrons. The van der Waals surface area contributed by atoms with Crippen LogP contribution >= 0.6 is 0 Å². The van der Waals surface area contributed by atoms with Crippen LogP contribution in [0.1, 0.15) is 46.3 Å². The molecule has 6 rings (SSSR count). The first-order chi connectivity index (χ1) is 19.6. The summed E-state index contributed by atoms with van der Waals surface area (Å²) in [5.74, 6) is 1.28. The Bertz CT molecular complexity index is 1590. The van der Waals surface area contributed by atoms with E-state index >= 15 is 0 Å². The number of nitrogens with one attached hydrogen (secondary N) is 1. The Hall–Kier alpha value is -4.84. The number of hydrogen-bond acceptors (Lipinski definition) is 5. The maximum Gasteiger partial charge on any atom is 0.259 e. The molecule has 0 saturated carbocycles. The maximum atomic E-state index is 14.3. The van der Waals surface area contributed by atoms with Crippen molar-refractivity contribution < 1.29 is 19.1 Å². The van der Waals surface area contributed by atoms with Gasteiger partial charge in [-0.05, 0) is 72.0 Å². The molecule has 0 spiro atoms. The topological polar surface area (TPSA) is 67.9 Å². The number of amides is 1. The van der Waals surface area contributed by atoms with E-state index in [4.69, 9.17) is 9.47 Å². The molecule has 4 aromatic rings. The van der Waals surface area contributed by atoms with Crippen molar-refractivity contribution in [2.75, 3.05) is 24.4 Å². The summed E-state index contributed by atoms with van der Waals surface area (Å²) >= 11 is 0. The molecule has 2 atom stereocenters. The number of rotatable bonds is 5. The molecule has 1 aliphatic carbocycles. The highest BCUT2D eigenvalue weighted by molar-refractivity contribution is 6.12.